The molecule has 0 spiro atoms. The number of benzene rings is 2. The molecule has 0 bridgehead atoms. The van der Waals surface area contributed by atoms with Gasteiger partial charge in [0.15, 0.2) is 10.7 Å². The first-order chi connectivity index (χ1) is 10.3. The molecule has 0 aliphatic heterocycles. The van der Waals surface area contributed by atoms with E-state index in [9.17, 15) is 21.6 Å². The molecule has 0 heterocycles. The Morgan fingerprint density at radius 1 is 1.14 bits per heavy atom. The normalized spacial score (nSPS) is 11.5. The fourth-order valence-corrected chi connectivity index (χ4v) is 3.55. The minimum absolute atomic E-state index is 0.117. The molecular weight excluding hydrogens is 359 g/mol. The molecule has 9 heteroatoms. The molecule has 118 valence electrons. The second-order valence-electron chi connectivity index (χ2n) is 4.13. The molecule has 0 aliphatic rings. The van der Waals surface area contributed by atoms with Crippen LogP contribution in [0.5, 0.6) is 0 Å². The highest BCUT2D eigenvalue weighted by molar-refractivity contribution is 7.98. The van der Waals surface area contributed by atoms with Gasteiger partial charge in [-0.3, -0.25) is 4.72 Å². The molecular formula is C13H9ClF3NO2S2. The van der Waals surface area contributed by atoms with Gasteiger partial charge in [0.05, 0.1) is 0 Å². The third-order valence-electron chi connectivity index (χ3n) is 2.66. The number of anilines is 1. The van der Waals surface area contributed by atoms with Crippen molar-refractivity contribution in [3.05, 3.63) is 52.8 Å². The number of sulfonamides is 1. The van der Waals surface area contributed by atoms with E-state index in [0.29, 0.717) is 0 Å². The Kier molecular flexibility index (Phi) is 4.93. The second kappa shape index (κ2) is 6.39. The standard InChI is InChI=1S/C13H9ClF3NO2S2/c1-21-8-4-2-3-7(5-8)18-22(19,20)13-10(16)6-9(15)11(14)12(13)17/h2-6,18H,1H3. The number of rotatable bonds is 4. The predicted octanol–water partition coefficient (Wildman–Crippen LogP) is 4.28. The summed E-state index contributed by atoms with van der Waals surface area (Å²) in [6.45, 7) is 0. The Morgan fingerprint density at radius 2 is 1.82 bits per heavy atom. The van der Waals surface area contributed by atoms with Crippen LogP contribution in [-0.4, -0.2) is 14.7 Å². The van der Waals surface area contributed by atoms with Gasteiger partial charge in [-0.1, -0.05) is 17.7 Å². The van der Waals surface area contributed by atoms with Gasteiger partial charge in [0.2, 0.25) is 0 Å². The summed E-state index contributed by atoms with van der Waals surface area (Å²) in [5.41, 5.74) is 0.117. The molecule has 0 aromatic heterocycles. The molecule has 2 aromatic rings. The third kappa shape index (κ3) is 3.34. The molecule has 0 radical (unpaired) electrons. The maximum atomic E-state index is 13.8. The summed E-state index contributed by atoms with van der Waals surface area (Å²) in [5.74, 6) is -4.61. The second-order valence-corrected chi connectivity index (χ2v) is 7.01. The van der Waals surface area contributed by atoms with Crippen molar-refractivity contribution in [2.24, 2.45) is 0 Å². The van der Waals surface area contributed by atoms with Gasteiger partial charge < -0.3 is 0 Å². The van der Waals surface area contributed by atoms with E-state index in [-0.39, 0.29) is 11.8 Å². The fraction of sp³-hybridized carbons (Fsp3) is 0.0769. The molecule has 0 amide bonds. The number of nitrogens with one attached hydrogen (secondary N) is 1. The minimum Gasteiger partial charge on any atom is -0.279 e. The summed E-state index contributed by atoms with van der Waals surface area (Å²) in [6.07, 6.45) is 1.78. The largest absolute Gasteiger partial charge is 0.279 e. The molecule has 0 saturated heterocycles. The molecule has 0 saturated carbocycles. The monoisotopic (exact) mass is 367 g/mol. The molecule has 2 aromatic carbocycles. The summed E-state index contributed by atoms with van der Waals surface area (Å²) < 4.78 is 66.9. The summed E-state index contributed by atoms with van der Waals surface area (Å²) in [5, 5.41) is -1.08. The predicted molar refractivity (Wildman–Crippen MR) is 80.4 cm³/mol. The summed E-state index contributed by atoms with van der Waals surface area (Å²) >= 11 is 6.66. The number of halogens is 4. The Hall–Kier alpha value is -1.38. The van der Waals surface area contributed by atoms with Gasteiger partial charge in [0, 0.05) is 16.6 Å². The van der Waals surface area contributed by atoms with Crippen LogP contribution >= 0.6 is 23.4 Å². The van der Waals surface area contributed by atoms with Crippen molar-refractivity contribution in [2.45, 2.75) is 9.79 Å². The number of thioether (sulfide) groups is 1. The molecule has 1 N–H and O–H groups in total. The van der Waals surface area contributed by atoms with Crippen LogP contribution in [0.15, 0.2) is 40.1 Å². The van der Waals surface area contributed by atoms with Crippen molar-refractivity contribution in [3.63, 3.8) is 0 Å². The summed E-state index contributed by atoms with van der Waals surface area (Å²) in [4.78, 5) is -0.577. The van der Waals surface area contributed by atoms with Gasteiger partial charge in [-0.25, -0.2) is 21.6 Å². The highest BCUT2D eigenvalue weighted by Gasteiger charge is 2.28. The van der Waals surface area contributed by atoms with Gasteiger partial charge in [0.25, 0.3) is 10.0 Å². The lowest BCUT2D eigenvalue weighted by Crippen LogP contribution is -2.17. The molecule has 0 atom stereocenters. The van der Waals surface area contributed by atoms with Gasteiger partial charge in [-0.15, -0.1) is 11.8 Å². The third-order valence-corrected chi connectivity index (χ3v) is 5.15. The average molecular weight is 368 g/mol. The number of hydrogen-bond acceptors (Lipinski definition) is 3. The highest BCUT2D eigenvalue weighted by Crippen LogP contribution is 2.29. The molecule has 0 fully saturated rings. The highest BCUT2D eigenvalue weighted by atomic mass is 35.5. The van der Waals surface area contributed by atoms with Crippen LogP contribution < -0.4 is 4.72 Å². The van der Waals surface area contributed by atoms with Gasteiger partial charge in [-0.2, -0.15) is 0 Å². The van der Waals surface area contributed by atoms with Crippen LogP contribution in [0.25, 0.3) is 0 Å². The fourth-order valence-electron chi connectivity index (χ4n) is 1.69. The minimum atomic E-state index is -4.60. The van der Waals surface area contributed by atoms with E-state index in [1.165, 1.54) is 23.9 Å². The van der Waals surface area contributed by atoms with E-state index in [0.717, 1.165) is 4.90 Å². The SMILES string of the molecule is CSc1cccc(NS(=O)(=O)c2c(F)cc(F)c(Cl)c2F)c1. The Balaban J connectivity index is 2.49. The van der Waals surface area contributed by atoms with Crippen LogP contribution in [0, 0.1) is 17.5 Å². The average Bonchev–Trinajstić information content (AvgIpc) is 2.44. The van der Waals surface area contributed by atoms with E-state index in [4.69, 9.17) is 11.6 Å². The Bertz CT molecular complexity index is 828. The lowest BCUT2D eigenvalue weighted by atomic mass is 10.3. The van der Waals surface area contributed by atoms with Crippen LogP contribution in [-0.2, 0) is 10.0 Å². The van der Waals surface area contributed by atoms with Crippen molar-refractivity contribution < 1.29 is 21.6 Å². The van der Waals surface area contributed by atoms with Crippen molar-refractivity contribution in [3.8, 4) is 0 Å². The molecule has 0 unspecified atom stereocenters. The zero-order valence-electron chi connectivity index (χ0n) is 11.0. The first-order valence-electron chi connectivity index (χ1n) is 5.76. The molecule has 2 rings (SSSR count). The first kappa shape index (κ1) is 17.0. The van der Waals surface area contributed by atoms with Crippen LogP contribution in [0.2, 0.25) is 5.02 Å². The van der Waals surface area contributed by atoms with E-state index in [1.54, 1.807) is 18.4 Å². The molecule has 22 heavy (non-hydrogen) atoms. The lowest BCUT2D eigenvalue weighted by molar-refractivity contribution is 0.499. The molecule has 0 aliphatic carbocycles. The molecule has 3 nitrogen and oxygen atoms in total. The van der Waals surface area contributed by atoms with Crippen molar-refractivity contribution in [2.75, 3.05) is 11.0 Å². The first-order valence-corrected chi connectivity index (χ1v) is 8.84. The zero-order valence-corrected chi connectivity index (χ0v) is 13.4. The van der Waals surface area contributed by atoms with Gasteiger partial charge >= 0.3 is 0 Å². The van der Waals surface area contributed by atoms with Crippen molar-refractivity contribution >= 4 is 39.1 Å². The van der Waals surface area contributed by atoms with Crippen molar-refractivity contribution in [1.29, 1.82) is 0 Å². The van der Waals surface area contributed by atoms with Gasteiger partial charge in [0.1, 0.15) is 16.7 Å². The van der Waals surface area contributed by atoms with E-state index in [2.05, 4.69) is 0 Å². The zero-order chi connectivity index (χ0) is 16.5. The van der Waals surface area contributed by atoms with Crippen LogP contribution in [0.3, 0.4) is 0 Å². The van der Waals surface area contributed by atoms with Crippen LogP contribution in [0.1, 0.15) is 0 Å². The topological polar surface area (TPSA) is 46.2 Å². The summed E-state index contributed by atoms with van der Waals surface area (Å²) in [7, 11) is -4.60. The maximum Gasteiger partial charge on any atom is 0.267 e. The quantitative estimate of drug-likeness (QED) is 0.498. The number of hydrogen-bond donors (Lipinski definition) is 1. The van der Waals surface area contributed by atoms with Gasteiger partial charge in [-0.05, 0) is 24.5 Å². The summed E-state index contributed by atoms with van der Waals surface area (Å²) in [6, 6.07) is 6.44. The van der Waals surface area contributed by atoms with E-state index in [1.807, 2.05) is 4.72 Å². The Labute approximate surface area is 134 Å². The van der Waals surface area contributed by atoms with E-state index >= 15 is 0 Å². The Morgan fingerprint density at radius 3 is 2.45 bits per heavy atom. The smallest absolute Gasteiger partial charge is 0.267 e. The maximum absolute atomic E-state index is 13.8. The van der Waals surface area contributed by atoms with Crippen LogP contribution in [0.4, 0.5) is 18.9 Å². The van der Waals surface area contributed by atoms with Crippen molar-refractivity contribution in [1.82, 2.24) is 0 Å². The van der Waals surface area contributed by atoms with E-state index < -0.39 is 37.4 Å². The lowest BCUT2D eigenvalue weighted by Gasteiger charge is -2.11.